The zero-order valence-electron chi connectivity index (χ0n) is 43.5. The number of aliphatic carboxylic acids is 2. The van der Waals surface area contributed by atoms with E-state index in [9.17, 15) is 89.4 Å². The molecular formula is C43H64O31S5. The second-order valence-electron chi connectivity index (χ2n) is 23.3. The van der Waals surface area contributed by atoms with Gasteiger partial charge in [0.25, 0.3) is 0 Å². The molecule has 0 radical (unpaired) electrons. The molecule has 0 aromatic heterocycles. The van der Waals surface area contributed by atoms with Crippen LogP contribution >= 0.6 is 0 Å². The highest BCUT2D eigenvalue weighted by Crippen LogP contribution is 2.75. The summed E-state index contributed by atoms with van der Waals surface area (Å²) in [6.07, 6.45) is -25.8. The van der Waals surface area contributed by atoms with E-state index in [2.05, 4.69) is 41.7 Å². The Kier molecular flexibility index (Phi) is 16.9. The van der Waals surface area contributed by atoms with Crippen LogP contribution in [0.15, 0.2) is 11.6 Å². The Balaban J connectivity index is 1.32. The Morgan fingerprint density at radius 1 is 0.570 bits per heavy atom. The molecule has 0 unspecified atom stereocenters. The van der Waals surface area contributed by atoms with Crippen LogP contribution in [0.2, 0.25) is 0 Å². The maximum absolute atomic E-state index is 15.1. The van der Waals surface area contributed by atoms with E-state index in [0.29, 0.717) is 25.7 Å². The van der Waals surface area contributed by atoms with Crippen LogP contribution in [0.25, 0.3) is 0 Å². The van der Waals surface area contributed by atoms with E-state index < -0.39 is 170 Å². The van der Waals surface area contributed by atoms with Crippen LogP contribution < -0.4 is 0 Å². The minimum atomic E-state index is -6.12. The van der Waals surface area contributed by atoms with Crippen molar-refractivity contribution in [2.24, 2.45) is 50.2 Å². The molecule has 0 bridgehead atoms. The summed E-state index contributed by atoms with van der Waals surface area (Å²) in [5.74, 6) is -6.42. The Morgan fingerprint density at radius 2 is 1.01 bits per heavy atom. The van der Waals surface area contributed by atoms with Crippen LogP contribution in [0.4, 0.5) is 0 Å². The number of carbonyl (C=O) groups is 4. The SMILES string of the molecule is COC(=O)[C@@]1(C)CC[C@]2(C)CC[C@]3(C)C(=CC(=O)[C@@H]4[C@@]5(C)CC[C@H](O[C@@H]6O[C@H](C(=O)O)[C@@H](OS(=O)(=O)O)[C@H](OS(=O)(=O)O)[C@H]6O[C@@H]6O[C@H](C(=O)O)[C@@H](OS(=O)(=O)O)[C@H](OS(=O)(=O)O)[C@H]6OS(=O)(=O)O)C(C)(C)[C@@H]5CC[C@]43C)[C@@H]2C1. The minimum Gasteiger partial charge on any atom is -0.479 e. The number of carboxylic acid groups (broad SMARTS) is 2. The average molecular weight is 1240 g/mol. The lowest BCUT2D eigenvalue weighted by Crippen LogP contribution is -2.69. The molecule has 7 N–H and O–H groups in total. The van der Waals surface area contributed by atoms with Gasteiger partial charge in [0, 0.05) is 5.92 Å². The van der Waals surface area contributed by atoms with Crippen LogP contribution in [0, 0.1) is 50.2 Å². The van der Waals surface area contributed by atoms with Gasteiger partial charge in [-0.15, -0.1) is 0 Å². The summed E-state index contributed by atoms with van der Waals surface area (Å²) in [6, 6.07) is 0. The van der Waals surface area contributed by atoms with Crippen molar-refractivity contribution in [2.75, 3.05) is 7.11 Å². The first-order valence-electron chi connectivity index (χ1n) is 24.4. The van der Waals surface area contributed by atoms with Crippen molar-refractivity contribution >= 4 is 75.7 Å². The van der Waals surface area contributed by atoms with Crippen molar-refractivity contribution in [3.05, 3.63) is 11.6 Å². The molecule has 36 heteroatoms. The van der Waals surface area contributed by atoms with Crippen molar-refractivity contribution < 1.29 is 139 Å². The molecule has 31 nitrogen and oxygen atoms in total. The standard InChI is InChI=1S/C43H64O31S5/c1-38(2)22-9-12-43(7)32(21(44)17-19-20-18-40(4,37(49)65-8)14-13-39(20,3)15-16-42(19,43)6)41(22,5)11-10-23(38)66-35-30(26(72-77(56,57)58)24(70-75(50,51)52)28(67-35)33(45)46)69-36-31(74-79(62,63)64)27(73-78(59,60)61)25(71-76(53,54)55)29(68-36)34(47)48/h17,20,22-32,35-36H,9-16,18H2,1-8H3,(H,45,46)(H,47,48)(H,50,51,52)(H,53,54,55)(H,56,57,58)(H,59,60,61)(H,62,63,64)/t20-,22-,23-,24-,25-,26-,27-,28-,29-,30+,31+,32+,35+,36-,39+,40-,41-,42+,43+/m0/s1. The fourth-order valence-electron chi connectivity index (χ4n) is 14.8. The predicted octanol–water partition coefficient (Wildman–Crippen LogP) is 1.47. The smallest absolute Gasteiger partial charge is 0.397 e. The number of hydrogen-bond donors (Lipinski definition) is 7. The van der Waals surface area contributed by atoms with Gasteiger partial charge in [0.05, 0.1) is 18.6 Å². The highest BCUT2D eigenvalue weighted by molar-refractivity contribution is 7.82. The monoisotopic (exact) mass is 1240 g/mol. The lowest BCUT2D eigenvalue weighted by Gasteiger charge is -2.70. The lowest BCUT2D eigenvalue weighted by molar-refractivity contribution is -0.364. The quantitative estimate of drug-likeness (QED) is 0.0616. The van der Waals surface area contributed by atoms with E-state index in [-0.39, 0.29) is 35.9 Å². The van der Waals surface area contributed by atoms with Crippen molar-refractivity contribution in [3.63, 3.8) is 0 Å². The molecule has 7 rings (SSSR count). The van der Waals surface area contributed by atoms with E-state index >= 15 is 4.79 Å². The molecule has 0 aromatic carbocycles. The zero-order valence-corrected chi connectivity index (χ0v) is 47.6. The Morgan fingerprint density at radius 3 is 1.48 bits per heavy atom. The van der Waals surface area contributed by atoms with Crippen molar-refractivity contribution in [2.45, 2.75) is 174 Å². The van der Waals surface area contributed by atoms with E-state index in [1.807, 2.05) is 13.8 Å². The molecule has 0 aromatic rings. The van der Waals surface area contributed by atoms with Crippen LogP contribution in [0.3, 0.4) is 0 Å². The number of esters is 1. The van der Waals surface area contributed by atoms with Crippen LogP contribution in [0.5, 0.6) is 0 Å². The first-order valence-corrected chi connectivity index (χ1v) is 31.3. The van der Waals surface area contributed by atoms with Crippen molar-refractivity contribution in [1.82, 2.24) is 0 Å². The van der Waals surface area contributed by atoms with Crippen LogP contribution in [-0.2, 0) is 116 Å². The summed E-state index contributed by atoms with van der Waals surface area (Å²) < 4.78 is 222. The van der Waals surface area contributed by atoms with Crippen LogP contribution in [0.1, 0.15) is 106 Å². The third-order valence-electron chi connectivity index (χ3n) is 18.4. The lowest BCUT2D eigenvalue weighted by atomic mass is 9.33. The molecule has 5 aliphatic carbocycles. The Hall–Kier alpha value is -2.99. The second kappa shape index (κ2) is 21.0. The van der Waals surface area contributed by atoms with Crippen molar-refractivity contribution in [3.8, 4) is 0 Å². The Labute approximate surface area is 455 Å². The average Bonchev–Trinajstić information content (AvgIpc) is 3.37. The number of carbonyl (C=O) groups excluding carboxylic acids is 2. The number of hydrogen-bond acceptors (Lipinski definition) is 24. The number of allylic oxidation sites excluding steroid dienone is 2. The van der Waals surface area contributed by atoms with E-state index in [4.69, 9.17) is 23.7 Å². The second-order valence-corrected chi connectivity index (χ2v) is 28.5. The molecule has 6 fully saturated rings. The maximum atomic E-state index is 15.1. The van der Waals surface area contributed by atoms with E-state index in [1.54, 1.807) is 19.9 Å². The summed E-state index contributed by atoms with van der Waals surface area (Å²) in [4.78, 5) is 53.9. The third kappa shape index (κ3) is 12.3. The first kappa shape index (κ1) is 63.6. The predicted molar refractivity (Wildman–Crippen MR) is 256 cm³/mol. The number of fused-ring (bicyclic) bond motifs is 7. The summed E-state index contributed by atoms with van der Waals surface area (Å²) in [6.45, 7) is 13.7. The van der Waals surface area contributed by atoms with Gasteiger partial charge in [-0.05, 0) is 110 Å². The van der Waals surface area contributed by atoms with E-state index in [1.165, 1.54) is 7.11 Å². The minimum absolute atomic E-state index is 0.0845. The first-order chi connectivity index (χ1) is 35.7. The van der Waals surface area contributed by atoms with Crippen molar-refractivity contribution in [1.29, 1.82) is 0 Å². The molecule has 2 aliphatic heterocycles. The molecule has 7 aliphatic rings. The van der Waals surface area contributed by atoms with E-state index in [0.717, 1.165) is 24.8 Å². The number of ether oxygens (including phenoxy) is 5. The molecular weight excluding hydrogens is 1170 g/mol. The number of ketones is 1. The zero-order chi connectivity index (χ0) is 59.6. The third-order valence-corrected chi connectivity index (χ3v) is 20.7. The fourth-order valence-corrected chi connectivity index (χ4v) is 17.2. The number of carboxylic acids is 2. The molecule has 0 amide bonds. The summed E-state index contributed by atoms with van der Waals surface area (Å²) in [5, 5.41) is 20.5. The summed E-state index contributed by atoms with van der Waals surface area (Å²) in [5.41, 5.74) is -3.33. The summed E-state index contributed by atoms with van der Waals surface area (Å²) >= 11 is 0. The van der Waals surface area contributed by atoms with Gasteiger partial charge >= 0.3 is 69.9 Å². The van der Waals surface area contributed by atoms with Gasteiger partial charge in [-0.3, -0.25) is 32.4 Å². The van der Waals surface area contributed by atoms with Gasteiger partial charge in [-0.25, -0.2) is 30.5 Å². The molecule has 79 heavy (non-hydrogen) atoms. The maximum Gasteiger partial charge on any atom is 0.397 e. The largest absolute Gasteiger partial charge is 0.479 e. The topological polar surface area (TPSA) is 473 Å². The highest BCUT2D eigenvalue weighted by Gasteiger charge is 2.71. The highest BCUT2D eigenvalue weighted by atomic mass is 32.3. The molecule has 2 saturated heterocycles. The Bertz CT molecular complexity index is 3070. The normalized spacial score (nSPS) is 42.7. The molecule has 2 heterocycles. The fraction of sp³-hybridized carbons (Fsp3) is 0.860. The van der Waals surface area contributed by atoms with Gasteiger partial charge in [0.1, 0.15) is 30.5 Å². The molecule has 452 valence electrons. The molecule has 0 spiro atoms. The van der Waals surface area contributed by atoms with Gasteiger partial charge in [0.15, 0.2) is 36.7 Å². The summed E-state index contributed by atoms with van der Waals surface area (Å²) in [7, 11) is -28.9. The van der Waals surface area contributed by atoms with Gasteiger partial charge in [0.2, 0.25) is 0 Å². The number of methoxy groups -OCH3 is 1. The van der Waals surface area contributed by atoms with Gasteiger partial charge in [-0.2, -0.15) is 42.1 Å². The van der Waals surface area contributed by atoms with Gasteiger partial charge in [-0.1, -0.05) is 47.1 Å². The van der Waals surface area contributed by atoms with Gasteiger partial charge < -0.3 is 33.9 Å². The molecule has 4 saturated carbocycles. The molecule has 19 atom stereocenters. The number of rotatable bonds is 17. The van der Waals surface area contributed by atoms with Crippen LogP contribution in [-0.4, -0.2) is 173 Å².